The van der Waals surface area contributed by atoms with Crippen molar-refractivity contribution in [3.05, 3.63) is 29.3 Å². The van der Waals surface area contributed by atoms with Crippen LogP contribution in [0, 0.1) is 12.8 Å². The highest BCUT2D eigenvalue weighted by atomic mass is 16.2. The highest BCUT2D eigenvalue weighted by Crippen LogP contribution is 2.36. The number of fused-ring (bicyclic) bond motifs is 1. The van der Waals surface area contributed by atoms with Gasteiger partial charge in [-0.25, -0.2) is 0 Å². The number of carbonyl (C=O) groups is 2. The van der Waals surface area contributed by atoms with Crippen LogP contribution in [0.4, 0.5) is 5.69 Å². The molecule has 4 nitrogen and oxygen atoms in total. The van der Waals surface area contributed by atoms with Crippen LogP contribution in [0.1, 0.15) is 44.4 Å². The summed E-state index contributed by atoms with van der Waals surface area (Å²) in [5.41, 5.74) is 2.94. The van der Waals surface area contributed by atoms with Gasteiger partial charge in [0.15, 0.2) is 0 Å². The molecular weight excluding hydrogens is 252 g/mol. The summed E-state index contributed by atoms with van der Waals surface area (Å²) in [6.07, 6.45) is 0.950. The Morgan fingerprint density at radius 3 is 2.70 bits per heavy atom. The Morgan fingerprint density at radius 1 is 1.40 bits per heavy atom. The van der Waals surface area contributed by atoms with Crippen molar-refractivity contribution in [3.63, 3.8) is 0 Å². The number of aryl methyl sites for hydroxylation is 1. The number of carbonyl (C=O) groups excluding carboxylic acids is 2. The fraction of sp³-hybridized carbons (Fsp3) is 0.500. The van der Waals surface area contributed by atoms with Gasteiger partial charge in [0.25, 0.3) is 5.91 Å². The van der Waals surface area contributed by atoms with Crippen LogP contribution in [0.2, 0.25) is 0 Å². The van der Waals surface area contributed by atoms with E-state index in [2.05, 4.69) is 19.2 Å². The van der Waals surface area contributed by atoms with Crippen LogP contribution in [0.5, 0.6) is 0 Å². The Hall–Kier alpha value is -1.84. The first-order chi connectivity index (χ1) is 9.40. The average molecular weight is 274 g/mol. The fourth-order valence-corrected chi connectivity index (χ4v) is 2.52. The third-order valence-electron chi connectivity index (χ3n) is 3.58. The number of hydrogen-bond donors (Lipinski definition) is 1. The Labute approximate surface area is 120 Å². The molecule has 2 rings (SSSR count). The molecule has 1 aliphatic rings. The molecular formula is C16H22N2O2. The van der Waals surface area contributed by atoms with Crippen molar-refractivity contribution in [2.45, 2.75) is 40.2 Å². The van der Waals surface area contributed by atoms with Crippen molar-refractivity contribution >= 4 is 17.5 Å². The van der Waals surface area contributed by atoms with E-state index in [4.69, 9.17) is 0 Å². The largest absolute Gasteiger partial charge is 0.341 e. The zero-order valence-electron chi connectivity index (χ0n) is 12.6. The molecule has 0 aliphatic carbocycles. The molecule has 0 aromatic heterocycles. The monoisotopic (exact) mass is 274 g/mol. The van der Waals surface area contributed by atoms with Crippen molar-refractivity contribution in [1.29, 1.82) is 0 Å². The predicted octanol–water partition coefficient (Wildman–Crippen LogP) is 2.56. The quantitative estimate of drug-likeness (QED) is 0.917. The van der Waals surface area contributed by atoms with Crippen molar-refractivity contribution < 1.29 is 9.59 Å². The molecule has 0 radical (unpaired) electrons. The number of hydrogen-bond acceptors (Lipinski definition) is 2. The third-order valence-corrected chi connectivity index (χ3v) is 3.58. The fourth-order valence-electron chi connectivity index (χ4n) is 2.52. The molecule has 2 amide bonds. The number of rotatable bonds is 4. The molecule has 20 heavy (non-hydrogen) atoms. The maximum absolute atomic E-state index is 12.5. The second kappa shape index (κ2) is 5.65. The lowest BCUT2D eigenvalue weighted by atomic mass is 10.1. The van der Waals surface area contributed by atoms with Crippen molar-refractivity contribution in [3.8, 4) is 0 Å². The van der Waals surface area contributed by atoms with Crippen LogP contribution in [0.15, 0.2) is 18.2 Å². The minimum absolute atomic E-state index is 0.0264. The Balaban J connectivity index is 2.33. The summed E-state index contributed by atoms with van der Waals surface area (Å²) in [4.78, 5) is 25.7. The van der Waals surface area contributed by atoms with Gasteiger partial charge >= 0.3 is 0 Å². The minimum Gasteiger partial charge on any atom is -0.341 e. The smallest absolute Gasteiger partial charge is 0.254 e. The maximum atomic E-state index is 12.5. The standard InChI is InChI=1S/C16H22N2O2/c1-10(2)7-8-18-14-6-5-11(3)9-13(14)15(16(18)20)17-12(4)19/h5-6,9-10,15H,7-8H2,1-4H3,(H,17,19)/t15-/m0/s1. The zero-order valence-corrected chi connectivity index (χ0v) is 12.6. The molecule has 0 saturated carbocycles. The van der Waals surface area contributed by atoms with E-state index in [1.54, 1.807) is 4.90 Å². The summed E-state index contributed by atoms with van der Waals surface area (Å²) in [5.74, 6) is 0.333. The van der Waals surface area contributed by atoms with Gasteiger partial charge < -0.3 is 10.2 Å². The topological polar surface area (TPSA) is 49.4 Å². The number of benzene rings is 1. The van der Waals surface area contributed by atoms with Gasteiger partial charge in [0.05, 0.1) is 0 Å². The summed E-state index contributed by atoms with van der Waals surface area (Å²) < 4.78 is 0. The van der Waals surface area contributed by atoms with Gasteiger partial charge in [0.1, 0.15) is 6.04 Å². The molecule has 0 spiro atoms. The molecule has 0 saturated heterocycles. The molecule has 0 bridgehead atoms. The van der Waals surface area contributed by atoms with Gasteiger partial charge in [-0.3, -0.25) is 9.59 Å². The molecule has 0 fully saturated rings. The predicted molar refractivity (Wildman–Crippen MR) is 79.5 cm³/mol. The van der Waals surface area contributed by atoms with Crippen LogP contribution in [-0.2, 0) is 9.59 Å². The van der Waals surface area contributed by atoms with E-state index in [1.165, 1.54) is 6.92 Å². The van der Waals surface area contributed by atoms with Crippen molar-refractivity contribution in [2.75, 3.05) is 11.4 Å². The zero-order chi connectivity index (χ0) is 14.9. The lowest BCUT2D eigenvalue weighted by molar-refractivity contribution is -0.126. The summed E-state index contributed by atoms with van der Waals surface area (Å²) in [7, 11) is 0. The van der Waals surface area contributed by atoms with Gasteiger partial charge in [-0.15, -0.1) is 0 Å². The minimum atomic E-state index is -0.533. The van der Waals surface area contributed by atoms with E-state index in [0.717, 1.165) is 23.2 Å². The van der Waals surface area contributed by atoms with Crippen molar-refractivity contribution in [1.82, 2.24) is 5.32 Å². The van der Waals surface area contributed by atoms with E-state index < -0.39 is 6.04 Å². The van der Waals surface area contributed by atoms with Gasteiger partial charge in [0.2, 0.25) is 5.91 Å². The number of nitrogens with zero attached hydrogens (tertiary/aromatic N) is 1. The Morgan fingerprint density at radius 2 is 2.10 bits per heavy atom. The van der Waals surface area contributed by atoms with Crippen LogP contribution in [-0.4, -0.2) is 18.4 Å². The SMILES string of the molecule is CC(=O)N[C@@H]1C(=O)N(CCC(C)C)c2ccc(C)cc21. The Kier molecular flexibility index (Phi) is 4.12. The van der Waals surface area contributed by atoms with Gasteiger partial charge in [0, 0.05) is 24.7 Å². The number of amides is 2. The van der Waals surface area contributed by atoms with Gasteiger partial charge in [-0.2, -0.15) is 0 Å². The summed E-state index contributed by atoms with van der Waals surface area (Å²) >= 11 is 0. The summed E-state index contributed by atoms with van der Waals surface area (Å²) in [6, 6.07) is 5.44. The van der Waals surface area contributed by atoms with Gasteiger partial charge in [-0.05, 0) is 25.3 Å². The number of nitrogens with one attached hydrogen (secondary N) is 1. The molecule has 1 aromatic carbocycles. The maximum Gasteiger partial charge on any atom is 0.254 e. The molecule has 0 unspecified atom stereocenters. The van der Waals surface area contributed by atoms with Gasteiger partial charge in [-0.1, -0.05) is 31.5 Å². The first kappa shape index (κ1) is 14.6. The van der Waals surface area contributed by atoms with Crippen molar-refractivity contribution in [2.24, 2.45) is 5.92 Å². The molecule has 1 aliphatic heterocycles. The molecule has 4 heteroatoms. The number of anilines is 1. The lowest BCUT2D eigenvalue weighted by Crippen LogP contribution is -2.37. The van der Waals surface area contributed by atoms with E-state index in [9.17, 15) is 9.59 Å². The normalized spacial score (nSPS) is 17.6. The first-order valence-corrected chi connectivity index (χ1v) is 7.09. The molecule has 1 aromatic rings. The van der Waals surface area contributed by atoms with E-state index in [1.807, 2.05) is 25.1 Å². The second-order valence-electron chi connectivity index (χ2n) is 5.87. The molecule has 1 heterocycles. The van der Waals surface area contributed by atoms with Crippen LogP contribution in [0.3, 0.4) is 0 Å². The van der Waals surface area contributed by atoms with E-state index >= 15 is 0 Å². The lowest BCUT2D eigenvalue weighted by Gasteiger charge is -2.19. The third kappa shape index (κ3) is 2.84. The Bertz CT molecular complexity index is 537. The average Bonchev–Trinajstić information content (AvgIpc) is 2.60. The highest BCUT2D eigenvalue weighted by Gasteiger charge is 2.37. The highest BCUT2D eigenvalue weighted by molar-refractivity contribution is 6.06. The summed E-state index contributed by atoms with van der Waals surface area (Å²) in [6.45, 7) is 8.42. The molecule has 108 valence electrons. The molecule has 1 atom stereocenters. The summed E-state index contributed by atoms with van der Waals surface area (Å²) in [5, 5.41) is 2.76. The molecule has 1 N–H and O–H groups in total. The van der Waals surface area contributed by atoms with E-state index in [-0.39, 0.29) is 11.8 Å². The van der Waals surface area contributed by atoms with Crippen LogP contribution >= 0.6 is 0 Å². The first-order valence-electron chi connectivity index (χ1n) is 7.09. The van der Waals surface area contributed by atoms with E-state index in [0.29, 0.717) is 12.5 Å². The van der Waals surface area contributed by atoms with Crippen LogP contribution < -0.4 is 10.2 Å². The second-order valence-corrected chi connectivity index (χ2v) is 5.87. The van der Waals surface area contributed by atoms with Crippen LogP contribution in [0.25, 0.3) is 0 Å².